The highest BCUT2D eigenvalue weighted by Gasteiger charge is 2.34. The molecule has 1 atom stereocenters. The lowest BCUT2D eigenvalue weighted by Crippen LogP contribution is -2.44. The van der Waals surface area contributed by atoms with E-state index in [4.69, 9.17) is 4.74 Å². The molecule has 2 aromatic carbocycles. The van der Waals surface area contributed by atoms with Gasteiger partial charge in [0, 0.05) is 18.7 Å². The molecule has 1 saturated carbocycles. The minimum atomic E-state index is -0.0435. The van der Waals surface area contributed by atoms with Crippen molar-refractivity contribution in [1.29, 1.82) is 0 Å². The van der Waals surface area contributed by atoms with Gasteiger partial charge in [-0.25, -0.2) is 0 Å². The van der Waals surface area contributed by atoms with Gasteiger partial charge in [-0.15, -0.1) is 0 Å². The number of aliphatic hydroxyl groups excluding tert-OH is 1. The van der Waals surface area contributed by atoms with E-state index in [1.165, 1.54) is 51.7 Å². The number of likely N-dealkylation sites (tertiary alicyclic amines) is 2. The van der Waals surface area contributed by atoms with Crippen LogP contribution in [0.3, 0.4) is 0 Å². The molecule has 0 bridgehead atoms. The largest absolute Gasteiger partial charge is 0.493 e. The number of aliphatic hydroxyl groups is 1. The Morgan fingerprint density at radius 1 is 0.943 bits per heavy atom. The predicted molar refractivity (Wildman–Crippen MR) is 140 cm³/mol. The summed E-state index contributed by atoms with van der Waals surface area (Å²) in [5, 5.41) is 9.51. The molecular weight excluding hydrogens is 436 g/mol. The van der Waals surface area contributed by atoms with Crippen LogP contribution in [0.4, 0.5) is 0 Å². The van der Waals surface area contributed by atoms with Gasteiger partial charge in [0.15, 0.2) is 0 Å². The Morgan fingerprint density at radius 3 is 2.20 bits per heavy atom. The first-order chi connectivity index (χ1) is 17.0. The minimum absolute atomic E-state index is 0.0138. The van der Waals surface area contributed by atoms with E-state index >= 15 is 0 Å². The fourth-order valence-electron chi connectivity index (χ4n) is 6.01. The van der Waals surface area contributed by atoms with Crippen molar-refractivity contribution in [2.24, 2.45) is 11.3 Å². The molecule has 0 aromatic heterocycles. The second-order valence-electron chi connectivity index (χ2n) is 11.3. The number of ether oxygens (including phenoxy) is 1. The quantitative estimate of drug-likeness (QED) is 0.567. The molecule has 2 saturated heterocycles. The van der Waals surface area contributed by atoms with Crippen molar-refractivity contribution < 1.29 is 14.6 Å². The van der Waals surface area contributed by atoms with Gasteiger partial charge in [-0.3, -0.25) is 4.79 Å². The molecule has 2 aromatic rings. The average molecular weight is 477 g/mol. The number of carbonyl (C=O) groups excluding carboxylic acids is 1. The number of hydrogen-bond acceptors (Lipinski definition) is 4. The number of amides is 1. The monoisotopic (exact) mass is 476 g/mol. The number of hydrogen-bond donors (Lipinski definition) is 1. The van der Waals surface area contributed by atoms with E-state index in [1.807, 2.05) is 24.3 Å². The number of nitrogens with zero attached hydrogens (tertiary/aromatic N) is 2. The van der Waals surface area contributed by atoms with Crippen molar-refractivity contribution in [3.05, 3.63) is 54.1 Å². The normalized spacial score (nSPS) is 22.7. The lowest BCUT2D eigenvalue weighted by atomic mass is 9.70. The van der Waals surface area contributed by atoms with Crippen LogP contribution in [0.5, 0.6) is 5.75 Å². The van der Waals surface area contributed by atoms with Crippen LogP contribution < -0.4 is 4.74 Å². The fraction of sp³-hybridized carbons (Fsp3) is 0.567. The lowest BCUT2D eigenvalue weighted by molar-refractivity contribution is 0.0564. The first kappa shape index (κ1) is 24.3. The highest BCUT2D eigenvalue weighted by molar-refractivity contribution is 5.95. The molecular formula is C30H40N2O3. The summed E-state index contributed by atoms with van der Waals surface area (Å²) >= 11 is 0. The molecule has 1 amide bonds. The van der Waals surface area contributed by atoms with Crippen molar-refractivity contribution in [3.63, 3.8) is 0 Å². The van der Waals surface area contributed by atoms with Gasteiger partial charge < -0.3 is 19.6 Å². The third kappa shape index (κ3) is 5.73. The van der Waals surface area contributed by atoms with Crippen LogP contribution in [-0.4, -0.2) is 66.2 Å². The molecule has 2 heterocycles. The van der Waals surface area contributed by atoms with Gasteiger partial charge in [0.05, 0.1) is 19.3 Å². The van der Waals surface area contributed by atoms with E-state index in [2.05, 4.69) is 36.1 Å². The molecule has 0 spiro atoms. The van der Waals surface area contributed by atoms with E-state index in [9.17, 15) is 9.90 Å². The molecule has 3 aliphatic rings. The van der Waals surface area contributed by atoms with Crippen molar-refractivity contribution in [2.75, 3.05) is 39.4 Å². The molecule has 1 N–H and O–H groups in total. The van der Waals surface area contributed by atoms with E-state index < -0.39 is 0 Å². The summed E-state index contributed by atoms with van der Waals surface area (Å²) in [6.45, 7) is 7.71. The summed E-state index contributed by atoms with van der Waals surface area (Å²) in [6, 6.07) is 16.0. The minimum Gasteiger partial charge on any atom is -0.493 e. The summed E-state index contributed by atoms with van der Waals surface area (Å²) in [7, 11) is 0. The van der Waals surface area contributed by atoms with Crippen molar-refractivity contribution in [3.8, 4) is 16.9 Å². The fourth-order valence-corrected chi connectivity index (χ4v) is 6.01. The SMILES string of the molecule is CC1(CN2CCC(COc3ccc(-c4ccc(C(=O)N5CCC[C@H]5CO)cc4)cc3)CC2)CCC1. The Balaban J connectivity index is 1.09. The summed E-state index contributed by atoms with van der Waals surface area (Å²) in [4.78, 5) is 17.3. The van der Waals surface area contributed by atoms with Crippen LogP contribution in [-0.2, 0) is 0 Å². The molecule has 1 aliphatic carbocycles. The van der Waals surface area contributed by atoms with E-state index in [0.29, 0.717) is 16.9 Å². The maximum absolute atomic E-state index is 12.8. The van der Waals surface area contributed by atoms with Crippen LogP contribution in [0.1, 0.15) is 62.2 Å². The van der Waals surface area contributed by atoms with Crippen molar-refractivity contribution in [2.45, 2.75) is 57.9 Å². The van der Waals surface area contributed by atoms with Crippen LogP contribution in [0.15, 0.2) is 48.5 Å². The molecule has 3 fully saturated rings. The first-order valence-corrected chi connectivity index (χ1v) is 13.5. The predicted octanol–water partition coefficient (Wildman–Crippen LogP) is 5.23. The van der Waals surface area contributed by atoms with Gasteiger partial charge in [0.2, 0.25) is 0 Å². The Hall–Kier alpha value is -2.37. The molecule has 0 radical (unpaired) electrons. The highest BCUT2D eigenvalue weighted by atomic mass is 16.5. The van der Waals surface area contributed by atoms with Gasteiger partial charge in [-0.05, 0) is 98.3 Å². The smallest absolute Gasteiger partial charge is 0.254 e. The van der Waals surface area contributed by atoms with Gasteiger partial charge in [-0.1, -0.05) is 37.6 Å². The van der Waals surface area contributed by atoms with Gasteiger partial charge in [0.25, 0.3) is 5.91 Å². The Labute approximate surface area is 210 Å². The van der Waals surface area contributed by atoms with Gasteiger partial charge in [-0.2, -0.15) is 0 Å². The third-order valence-electron chi connectivity index (χ3n) is 8.53. The zero-order valence-corrected chi connectivity index (χ0v) is 21.1. The summed E-state index contributed by atoms with van der Waals surface area (Å²) in [5.41, 5.74) is 3.46. The topological polar surface area (TPSA) is 53.0 Å². The summed E-state index contributed by atoms with van der Waals surface area (Å²) in [6.07, 6.45) is 8.52. The Kier molecular flexibility index (Phi) is 7.45. The third-order valence-corrected chi connectivity index (χ3v) is 8.53. The highest BCUT2D eigenvalue weighted by Crippen LogP contribution is 2.41. The second-order valence-corrected chi connectivity index (χ2v) is 11.3. The molecule has 2 aliphatic heterocycles. The number of piperidine rings is 1. The summed E-state index contributed by atoms with van der Waals surface area (Å²) < 4.78 is 6.14. The van der Waals surface area contributed by atoms with Gasteiger partial charge in [0.1, 0.15) is 5.75 Å². The molecule has 188 valence electrons. The van der Waals surface area contributed by atoms with Crippen molar-refractivity contribution >= 4 is 5.91 Å². The lowest BCUT2D eigenvalue weighted by Gasteiger charge is -2.44. The van der Waals surface area contributed by atoms with E-state index in [-0.39, 0.29) is 18.6 Å². The van der Waals surface area contributed by atoms with Crippen LogP contribution >= 0.6 is 0 Å². The first-order valence-electron chi connectivity index (χ1n) is 13.5. The Bertz CT molecular complexity index is 976. The van der Waals surface area contributed by atoms with Crippen LogP contribution in [0.2, 0.25) is 0 Å². The molecule has 0 unspecified atom stereocenters. The molecule has 5 rings (SSSR count). The van der Waals surface area contributed by atoms with Gasteiger partial charge >= 0.3 is 0 Å². The standard InChI is InChI=1S/C30H40N2O3/c1-30(15-3-16-30)22-31-18-13-23(14-19-31)21-35-28-11-9-25(10-12-28)24-5-7-26(8-6-24)29(34)32-17-2-4-27(32)20-33/h5-12,23,27,33H,2-4,13-22H2,1H3/t27-/m0/s1. The second kappa shape index (κ2) is 10.7. The summed E-state index contributed by atoms with van der Waals surface area (Å²) in [5.74, 6) is 1.58. The number of carbonyl (C=O) groups is 1. The zero-order chi connectivity index (χ0) is 24.3. The zero-order valence-electron chi connectivity index (χ0n) is 21.1. The van der Waals surface area contributed by atoms with Crippen LogP contribution in [0, 0.1) is 11.3 Å². The molecule has 5 nitrogen and oxygen atoms in total. The van der Waals surface area contributed by atoms with E-state index in [0.717, 1.165) is 42.9 Å². The molecule has 35 heavy (non-hydrogen) atoms. The maximum Gasteiger partial charge on any atom is 0.254 e. The maximum atomic E-state index is 12.8. The number of rotatable bonds is 8. The molecule has 5 heteroatoms. The Morgan fingerprint density at radius 2 is 1.60 bits per heavy atom. The van der Waals surface area contributed by atoms with Crippen molar-refractivity contribution in [1.82, 2.24) is 9.80 Å². The van der Waals surface area contributed by atoms with E-state index in [1.54, 1.807) is 4.90 Å². The van der Waals surface area contributed by atoms with Crippen LogP contribution in [0.25, 0.3) is 11.1 Å². The average Bonchev–Trinajstić information content (AvgIpc) is 3.36. The number of benzene rings is 2.